The van der Waals surface area contributed by atoms with Gasteiger partial charge in [-0.3, -0.25) is 4.79 Å². The van der Waals surface area contributed by atoms with Crippen LogP contribution < -0.4 is 5.32 Å². The number of sulfone groups is 1. The van der Waals surface area contributed by atoms with E-state index < -0.39 is 15.7 Å². The van der Waals surface area contributed by atoms with Crippen LogP contribution in [0.4, 0.5) is 5.69 Å². The van der Waals surface area contributed by atoms with E-state index in [0.29, 0.717) is 5.01 Å². The van der Waals surface area contributed by atoms with Crippen molar-refractivity contribution in [2.75, 3.05) is 11.1 Å². The highest BCUT2D eigenvalue weighted by atomic mass is 79.9. The highest BCUT2D eigenvalue weighted by Gasteiger charge is 2.18. The standard InChI is InChI=1S/C16H13BrN2O4S3/c1-2-26(22,23)10-3-4-13(20)11(6-10)18-15(21)12-8-25-16(19-12)14-5-9(17)7-24-14/h3-8,20H,2H2,1H3,(H,18,21). The Balaban J connectivity index is 1.84. The van der Waals surface area contributed by atoms with Crippen molar-refractivity contribution in [2.24, 2.45) is 0 Å². The summed E-state index contributed by atoms with van der Waals surface area (Å²) in [4.78, 5) is 17.7. The molecule has 10 heteroatoms. The van der Waals surface area contributed by atoms with Gasteiger partial charge in [0.25, 0.3) is 5.91 Å². The first kappa shape index (κ1) is 19.0. The SMILES string of the molecule is CCS(=O)(=O)c1ccc(O)c(NC(=O)c2csc(-c3cc(Br)cs3)n2)c1. The van der Waals surface area contributed by atoms with E-state index in [2.05, 4.69) is 26.2 Å². The molecule has 136 valence electrons. The van der Waals surface area contributed by atoms with Crippen molar-refractivity contribution in [3.05, 3.63) is 45.2 Å². The summed E-state index contributed by atoms with van der Waals surface area (Å²) in [7, 11) is -3.45. The quantitative estimate of drug-likeness (QED) is 0.536. The molecule has 0 aliphatic carbocycles. The van der Waals surface area contributed by atoms with Gasteiger partial charge in [0.2, 0.25) is 0 Å². The molecule has 3 rings (SSSR count). The van der Waals surface area contributed by atoms with E-state index in [0.717, 1.165) is 9.35 Å². The van der Waals surface area contributed by atoms with Gasteiger partial charge in [-0.25, -0.2) is 13.4 Å². The van der Waals surface area contributed by atoms with Crippen LogP contribution in [0.1, 0.15) is 17.4 Å². The van der Waals surface area contributed by atoms with Crippen LogP contribution in [0.15, 0.2) is 44.4 Å². The molecule has 0 atom stereocenters. The van der Waals surface area contributed by atoms with Crippen LogP contribution >= 0.6 is 38.6 Å². The minimum atomic E-state index is -3.45. The fraction of sp³-hybridized carbons (Fsp3) is 0.125. The normalized spacial score (nSPS) is 11.5. The van der Waals surface area contributed by atoms with Crippen LogP contribution in [0.5, 0.6) is 5.75 Å². The van der Waals surface area contributed by atoms with Gasteiger partial charge < -0.3 is 10.4 Å². The van der Waals surface area contributed by atoms with E-state index in [9.17, 15) is 18.3 Å². The molecule has 6 nitrogen and oxygen atoms in total. The number of amides is 1. The lowest BCUT2D eigenvalue weighted by atomic mass is 10.3. The average molecular weight is 473 g/mol. The minimum absolute atomic E-state index is 0.0259. The molecular formula is C16H13BrN2O4S3. The van der Waals surface area contributed by atoms with Crippen LogP contribution in [-0.2, 0) is 9.84 Å². The summed E-state index contributed by atoms with van der Waals surface area (Å²) in [5.74, 6) is -0.813. The molecule has 0 spiro atoms. The third-order valence-electron chi connectivity index (χ3n) is 3.47. The van der Waals surface area contributed by atoms with Gasteiger partial charge in [-0.15, -0.1) is 22.7 Å². The van der Waals surface area contributed by atoms with Crippen molar-refractivity contribution < 1.29 is 18.3 Å². The number of aromatic nitrogens is 1. The molecule has 0 saturated heterocycles. The zero-order valence-electron chi connectivity index (χ0n) is 13.4. The monoisotopic (exact) mass is 472 g/mol. The van der Waals surface area contributed by atoms with E-state index in [1.54, 1.807) is 5.38 Å². The summed E-state index contributed by atoms with van der Waals surface area (Å²) in [5.41, 5.74) is 0.218. The number of nitrogens with one attached hydrogen (secondary N) is 1. The molecule has 3 aromatic rings. The van der Waals surface area contributed by atoms with Gasteiger partial charge in [0.15, 0.2) is 9.84 Å². The fourth-order valence-electron chi connectivity index (χ4n) is 2.08. The highest BCUT2D eigenvalue weighted by Crippen LogP contribution is 2.32. The fourth-order valence-corrected chi connectivity index (χ4v) is 5.29. The van der Waals surface area contributed by atoms with Crippen LogP contribution in [-0.4, -0.2) is 30.2 Å². The summed E-state index contributed by atoms with van der Waals surface area (Å²) in [5, 5.41) is 16.7. The van der Waals surface area contributed by atoms with Gasteiger partial charge in [0, 0.05) is 15.2 Å². The number of rotatable bonds is 5. The van der Waals surface area contributed by atoms with E-state index in [1.807, 2.05) is 11.4 Å². The summed E-state index contributed by atoms with van der Waals surface area (Å²) in [6, 6.07) is 5.71. The molecule has 2 heterocycles. The third-order valence-corrected chi connectivity index (χ3v) is 7.91. The lowest BCUT2D eigenvalue weighted by molar-refractivity contribution is 0.102. The number of nitrogens with zero attached hydrogens (tertiary/aromatic N) is 1. The summed E-state index contributed by atoms with van der Waals surface area (Å²) < 4.78 is 24.9. The maximum atomic E-state index is 12.4. The van der Waals surface area contributed by atoms with Gasteiger partial charge in [-0.1, -0.05) is 6.92 Å². The molecule has 0 saturated carbocycles. The number of hydrogen-bond donors (Lipinski definition) is 2. The van der Waals surface area contributed by atoms with Crippen LogP contribution in [0, 0.1) is 0 Å². The zero-order chi connectivity index (χ0) is 18.9. The smallest absolute Gasteiger partial charge is 0.275 e. The Labute approximate surface area is 166 Å². The Hall–Kier alpha value is -1.75. The van der Waals surface area contributed by atoms with Crippen LogP contribution in [0.3, 0.4) is 0 Å². The van der Waals surface area contributed by atoms with Gasteiger partial charge >= 0.3 is 0 Å². The van der Waals surface area contributed by atoms with Crippen LogP contribution in [0.2, 0.25) is 0 Å². The number of benzene rings is 1. The second kappa shape index (κ2) is 7.47. The molecule has 0 bridgehead atoms. The number of carbonyl (C=O) groups is 1. The minimum Gasteiger partial charge on any atom is -0.506 e. The molecule has 0 unspecified atom stereocenters. The zero-order valence-corrected chi connectivity index (χ0v) is 17.4. The molecule has 0 aliphatic heterocycles. The van der Waals surface area contributed by atoms with Crippen LogP contribution in [0.25, 0.3) is 9.88 Å². The van der Waals surface area contributed by atoms with E-state index in [4.69, 9.17) is 0 Å². The molecule has 0 aliphatic rings. The molecule has 1 aromatic carbocycles. The number of phenolic OH excluding ortho intramolecular Hbond substituents is 1. The number of hydrogen-bond acceptors (Lipinski definition) is 7. The molecule has 0 radical (unpaired) electrons. The molecule has 2 aromatic heterocycles. The number of phenols is 1. The predicted octanol–water partition coefficient (Wildman–Crippen LogP) is 4.39. The Kier molecular flexibility index (Phi) is 5.47. The predicted molar refractivity (Wildman–Crippen MR) is 107 cm³/mol. The summed E-state index contributed by atoms with van der Waals surface area (Å²) in [6.07, 6.45) is 0. The maximum Gasteiger partial charge on any atom is 0.275 e. The number of carbonyl (C=O) groups excluding carboxylic acids is 1. The van der Waals surface area contributed by atoms with Gasteiger partial charge in [-0.2, -0.15) is 0 Å². The molecule has 0 fully saturated rings. The number of aromatic hydroxyl groups is 1. The second-order valence-corrected chi connectivity index (χ2v) is 10.2. The van der Waals surface area contributed by atoms with Gasteiger partial charge in [-0.05, 0) is 40.2 Å². The molecule has 2 N–H and O–H groups in total. The largest absolute Gasteiger partial charge is 0.506 e. The Morgan fingerprint density at radius 1 is 1.27 bits per heavy atom. The van der Waals surface area contributed by atoms with Crippen molar-refractivity contribution in [2.45, 2.75) is 11.8 Å². The molecular weight excluding hydrogens is 460 g/mol. The van der Waals surface area contributed by atoms with Crippen molar-refractivity contribution in [1.82, 2.24) is 4.98 Å². The first-order valence-electron chi connectivity index (χ1n) is 7.37. The van der Waals surface area contributed by atoms with Crippen molar-refractivity contribution in [1.29, 1.82) is 0 Å². The molecule has 26 heavy (non-hydrogen) atoms. The Bertz CT molecular complexity index is 1070. The topological polar surface area (TPSA) is 96.4 Å². The summed E-state index contributed by atoms with van der Waals surface area (Å²) in [6.45, 7) is 1.53. The summed E-state index contributed by atoms with van der Waals surface area (Å²) >= 11 is 6.21. The Morgan fingerprint density at radius 3 is 2.69 bits per heavy atom. The third kappa shape index (κ3) is 3.98. The average Bonchev–Trinajstić information content (AvgIpc) is 3.25. The number of anilines is 1. The highest BCUT2D eigenvalue weighted by molar-refractivity contribution is 9.10. The maximum absolute atomic E-state index is 12.4. The first-order chi connectivity index (χ1) is 12.3. The van der Waals surface area contributed by atoms with Gasteiger partial charge in [0.1, 0.15) is 16.5 Å². The Morgan fingerprint density at radius 2 is 2.04 bits per heavy atom. The first-order valence-corrected chi connectivity index (χ1v) is 11.6. The number of halogens is 1. The van der Waals surface area contributed by atoms with E-state index >= 15 is 0 Å². The van der Waals surface area contributed by atoms with Crippen molar-refractivity contribution >= 4 is 60.0 Å². The number of thiophene rings is 1. The molecule has 1 amide bonds. The number of thiazole rings is 1. The van der Waals surface area contributed by atoms with Crippen molar-refractivity contribution in [3.8, 4) is 15.6 Å². The van der Waals surface area contributed by atoms with E-state index in [1.165, 1.54) is 47.8 Å². The van der Waals surface area contributed by atoms with Crippen molar-refractivity contribution in [3.63, 3.8) is 0 Å². The lowest BCUT2D eigenvalue weighted by Crippen LogP contribution is -2.13. The second-order valence-electron chi connectivity index (χ2n) is 5.20. The van der Waals surface area contributed by atoms with Gasteiger partial charge in [0.05, 0.1) is 21.2 Å². The lowest BCUT2D eigenvalue weighted by Gasteiger charge is -2.08. The van der Waals surface area contributed by atoms with E-state index in [-0.39, 0.29) is 27.8 Å².